The fraction of sp³-hybridized carbons (Fsp3) is 0.250. The summed E-state index contributed by atoms with van der Waals surface area (Å²) >= 11 is 0. The molecule has 106 valence electrons. The van der Waals surface area contributed by atoms with Gasteiger partial charge in [0.25, 0.3) is 5.91 Å². The van der Waals surface area contributed by atoms with Gasteiger partial charge in [-0.2, -0.15) is 0 Å². The predicted octanol–water partition coefficient (Wildman–Crippen LogP) is 0.788. The van der Waals surface area contributed by atoms with E-state index >= 15 is 0 Å². The summed E-state index contributed by atoms with van der Waals surface area (Å²) < 4.78 is 32.5. The highest BCUT2D eigenvalue weighted by atomic mass is 19.1. The monoisotopic (exact) mass is 282 g/mol. The minimum atomic E-state index is -0.855. The zero-order chi connectivity index (χ0) is 14.5. The summed E-state index contributed by atoms with van der Waals surface area (Å²) in [5.74, 6) is -1.61. The van der Waals surface area contributed by atoms with Gasteiger partial charge in [0.15, 0.2) is 24.0 Å². The lowest BCUT2D eigenvalue weighted by Gasteiger charge is -2.07. The number of carbonyl (C=O) groups is 1. The molecular formula is C12H12F2N4O2. The zero-order valence-corrected chi connectivity index (χ0v) is 10.6. The molecule has 0 bridgehead atoms. The van der Waals surface area contributed by atoms with Crippen LogP contribution in [0.4, 0.5) is 8.78 Å². The van der Waals surface area contributed by atoms with Crippen LogP contribution in [0.15, 0.2) is 24.5 Å². The molecule has 6 nitrogen and oxygen atoms in total. The highest BCUT2D eigenvalue weighted by Crippen LogP contribution is 2.17. The van der Waals surface area contributed by atoms with Gasteiger partial charge in [0.05, 0.1) is 6.54 Å². The minimum absolute atomic E-state index is 0.180. The Morgan fingerprint density at radius 1 is 1.45 bits per heavy atom. The number of aryl methyl sites for hydroxylation is 1. The van der Waals surface area contributed by atoms with Crippen LogP contribution in [0, 0.1) is 11.6 Å². The van der Waals surface area contributed by atoms with Gasteiger partial charge in [0.1, 0.15) is 12.1 Å². The molecule has 0 saturated carbocycles. The first-order valence-corrected chi connectivity index (χ1v) is 5.73. The van der Waals surface area contributed by atoms with E-state index in [0.29, 0.717) is 11.9 Å². The Bertz CT molecular complexity index is 615. The molecule has 1 N–H and O–H groups in total. The van der Waals surface area contributed by atoms with Crippen LogP contribution in [0.25, 0.3) is 0 Å². The van der Waals surface area contributed by atoms with Crippen LogP contribution in [0.5, 0.6) is 5.75 Å². The smallest absolute Gasteiger partial charge is 0.258 e. The standard InChI is InChI=1S/C12H12F2N4O2/c1-18-7-16-17-11(18)5-15-12(19)6-20-10-3-2-8(13)4-9(10)14/h2-4,7H,5-6H2,1H3,(H,15,19). The summed E-state index contributed by atoms with van der Waals surface area (Å²) in [5.41, 5.74) is 0. The third-order valence-electron chi connectivity index (χ3n) is 2.50. The molecule has 2 rings (SSSR count). The van der Waals surface area contributed by atoms with Crippen molar-refractivity contribution in [2.75, 3.05) is 6.61 Å². The lowest BCUT2D eigenvalue weighted by molar-refractivity contribution is -0.123. The normalized spacial score (nSPS) is 10.3. The van der Waals surface area contributed by atoms with Gasteiger partial charge in [-0.25, -0.2) is 8.78 Å². The second-order valence-electron chi connectivity index (χ2n) is 4.00. The predicted molar refractivity (Wildman–Crippen MR) is 64.7 cm³/mol. The molecule has 8 heteroatoms. The Morgan fingerprint density at radius 3 is 2.90 bits per heavy atom. The molecule has 2 aromatic rings. The molecule has 1 aromatic heterocycles. The Balaban J connectivity index is 1.82. The van der Waals surface area contributed by atoms with Crippen molar-refractivity contribution in [1.82, 2.24) is 20.1 Å². The van der Waals surface area contributed by atoms with Gasteiger partial charge in [0.2, 0.25) is 0 Å². The number of aromatic nitrogens is 3. The van der Waals surface area contributed by atoms with Gasteiger partial charge in [-0.3, -0.25) is 4.79 Å². The van der Waals surface area contributed by atoms with Crippen LogP contribution in [0.1, 0.15) is 5.82 Å². The van der Waals surface area contributed by atoms with Gasteiger partial charge < -0.3 is 14.6 Å². The molecule has 0 fully saturated rings. The van der Waals surface area contributed by atoms with E-state index in [2.05, 4.69) is 15.5 Å². The molecule has 1 heterocycles. The fourth-order valence-electron chi connectivity index (χ4n) is 1.43. The van der Waals surface area contributed by atoms with Crippen molar-refractivity contribution >= 4 is 5.91 Å². The molecule has 1 amide bonds. The van der Waals surface area contributed by atoms with Crippen molar-refractivity contribution in [3.63, 3.8) is 0 Å². The number of benzene rings is 1. The molecule has 0 radical (unpaired) electrons. The summed E-state index contributed by atoms with van der Waals surface area (Å²) in [6, 6.07) is 2.86. The van der Waals surface area contributed by atoms with Crippen LogP contribution >= 0.6 is 0 Å². The van der Waals surface area contributed by atoms with E-state index in [1.807, 2.05) is 0 Å². The summed E-state index contributed by atoms with van der Waals surface area (Å²) in [6.07, 6.45) is 1.51. The summed E-state index contributed by atoms with van der Waals surface area (Å²) in [5, 5.41) is 9.99. The van der Waals surface area contributed by atoms with Crippen LogP contribution in [0.2, 0.25) is 0 Å². The van der Waals surface area contributed by atoms with Gasteiger partial charge >= 0.3 is 0 Å². The molecule has 1 aromatic carbocycles. The van der Waals surface area contributed by atoms with Gasteiger partial charge in [-0.05, 0) is 12.1 Å². The third-order valence-corrected chi connectivity index (χ3v) is 2.50. The van der Waals surface area contributed by atoms with Crippen molar-refractivity contribution in [2.45, 2.75) is 6.54 Å². The largest absolute Gasteiger partial charge is 0.481 e. The number of nitrogens with one attached hydrogen (secondary N) is 1. The van der Waals surface area contributed by atoms with Crippen molar-refractivity contribution in [1.29, 1.82) is 0 Å². The Hall–Kier alpha value is -2.51. The average Bonchev–Trinajstić information content (AvgIpc) is 2.81. The topological polar surface area (TPSA) is 69.0 Å². The van der Waals surface area contributed by atoms with Crippen LogP contribution < -0.4 is 10.1 Å². The Morgan fingerprint density at radius 2 is 2.25 bits per heavy atom. The molecular weight excluding hydrogens is 270 g/mol. The number of ether oxygens (including phenoxy) is 1. The highest BCUT2D eigenvalue weighted by molar-refractivity contribution is 5.77. The molecule has 0 aliphatic heterocycles. The summed E-state index contributed by atoms with van der Waals surface area (Å²) in [4.78, 5) is 11.5. The Kier molecular flexibility index (Phi) is 4.24. The second kappa shape index (κ2) is 6.09. The van der Waals surface area contributed by atoms with Crippen molar-refractivity contribution in [3.8, 4) is 5.75 Å². The van der Waals surface area contributed by atoms with Crippen molar-refractivity contribution in [3.05, 3.63) is 42.0 Å². The minimum Gasteiger partial charge on any atom is -0.481 e. The van der Waals surface area contributed by atoms with E-state index in [-0.39, 0.29) is 18.9 Å². The number of nitrogens with zero attached hydrogens (tertiary/aromatic N) is 3. The van der Waals surface area contributed by atoms with E-state index in [4.69, 9.17) is 4.74 Å². The summed E-state index contributed by atoms with van der Waals surface area (Å²) in [7, 11) is 1.74. The second-order valence-corrected chi connectivity index (χ2v) is 4.00. The highest BCUT2D eigenvalue weighted by Gasteiger charge is 2.09. The van der Waals surface area contributed by atoms with E-state index < -0.39 is 17.5 Å². The maximum Gasteiger partial charge on any atom is 0.258 e. The number of rotatable bonds is 5. The quantitative estimate of drug-likeness (QED) is 0.880. The van der Waals surface area contributed by atoms with Crippen LogP contribution in [-0.2, 0) is 18.4 Å². The maximum absolute atomic E-state index is 13.2. The number of hydrogen-bond acceptors (Lipinski definition) is 4. The first kappa shape index (κ1) is 13.9. The van der Waals surface area contributed by atoms with E-state index in [1.54, 1.807) is 11.6 Å². The van der Waals surface area contributed by atoms with Gasteiger partial charge in [-0.1, -0.05) is 0 Å². The lowest BCUT2D eigenvalue weighted by atomic mass is 10.3. The molecule has 0 spiro atoms. The van der Waals surface area contributed by atoms with Crippen LogP contribution in [-0.4, -0.2) is 27.3 Å². The number of halogens is 2. The maximum atomic E-state index is 13.2. The molecule has 20 heavy (non-hydrogen) atoms. The average molecular weight is 282 g/mol. The van der Waals surface area contributed by atoms with Crippen LogP contribution in [0.3, 0.4) is 0 Å². The SMILES string of the molecule is Cn1cnnc1CNC(=O)COc1ccc(F)cc1F. The number of amides is 1. The fourth-order valence-corrected chi connectivity index (χ4v) is 1.43. The Labute approximate surface area is 113 Å². The molecule has 0 aliphatic carbocycles. The number of hydrogen-bond donors (Lipinski definition) is 1. The zero-order valence-electron chi connectivity index (χ0n) is 10.6. The molecule has 0 saturated heterocycles. The van der Waals surface area contributed by atoms with E-state index in [0.717, 1.165) is 12.1 Å². The summed E-state index contributed by atoms with van der Waals surface area (Å²) in [6.45, 7) is -0.189. The molecule has 0 atom stereocenters. The van der Waals surface area contributed by atoms with Crippen molar-refractivity contribution < 1.29 is 18.3 Å². The van der Waals surface area contributed by atoms with Gasteiger partial charge in [0, 0.05) is 13.1 Å². The first-order valence-electron chi connectivity index (χ1n) is 5.73. The van der Waals surface area contributed by atoms with Gasteiger partial charge in [-0.15, -0.1) is 10.2 Å². The molecule has 0 aliphatic rings. The third kappa shape index (κ3) is 3.50. The molecule has 0 unspecified atom stereocenters. The first-order chi connectivity index (χ1) is 9.56. The lowest BCUT2D eigenvalue weighted by Crippen LogP contribution is -2.29. The van der Waals surface area contributed by atoms with E-state index in [1.165, 1.54) is 6.33 Å². The van der Waals surface area contributed by atoms with E-state index in [9.17, 15) is 13.6 Å². The number of carbonyl (C=O) groups excluding carboxylic acids is 1. The van der Waals surface area contributed by atoms with Crippen molar-refractivity contribution in [2.24, 2.45) is 7.05 Å².